The third-order valence-corrected chi connectivity index (χ3v) is 6.18. The maximum absolute atomic E-state index is 12.3. The molecule has 2 amide bonds. The summed E-state index contributed by atoms with van der Waals surface area (Å²) in [6.45, 7) is 0.152. The normalized spacial score (nSPS) is 17.3. The molecule has 0 fully saturated rings. The van der Waals surface area contributed by atoms with Gasteiger partial charge in [0.1, 0.15) is 0 Å². The average Bonchev–Trinajstić information content (AvgIpc) is 3.21. The Morgan fingerprint density at radius 1 is 1.23 bits per heavy atom. The predicted molar refractivity (Wildman–Crippen MR) is 116 cm³/mol. The van der Waals surface area contributed by atoms with Crippen molar-refractivity contribution in [1.29, 1.82) is 5.26 Å². The minimum Gasteiger partial charge on any atom is -0.454 e. The number of halogens is 1. The zero-order valence-electron chi connectivity index (χ0n) is 15.6. The second-order valence-corrected chi connectivity index (χ2v) is 8.52. The average molecular weight is 486 g/mol. The number of benzene rings is 2. The summed E-state index contributed by atoms with van der Waals surface area (Å²) in [5, 5.41) is 15.7. The number of carbonyl (C=O) groups is 2. The zero-order valence-corrected chi connectivity index (χ0v) is 18.0. The molecule has 2 aliphatic heterocycles. The molecule has 0 saturated carbocycles. The first-order chi connectivity index (χ1) is 14.5. The van der Waals surface area contributed by atoms with Crippen LogP contribution in [-0.2, 0) is 9.59 Å². The number of ether oxygens (including phenoxy) is 2. The summed E-state index contributed by atoms with van der Waals surface area (Å²) in [4.78, 5) is 24.6. The summed E-state index contributed by atoms with van der Waals surface area (Å²) >= 11 is 4.48. The van der Waals surface area contributed by atoms with E-state index in [-0.39, 0.29) is 30.8 Å². The van der Waals surface area contributed by atoms with E-state index in [4.69, 9.17) is 9.47 Å². The highest BCUT2D eigenvalue weighted by atomic mass is 79.9. The highest BCUT2D eigenvalue weighted by Gasteiger charge is 2.31. The van der Waals surface area contributed by atoms with Crippen LogP contribution in [0.4, 0.5) is 5.69 Å². The van der Waals surface area contributed by atoms with Gasteiger partial charge >= 0.3 is 0 Å². The van der Waals surface area contributed by atoms with Crippen LogP contribution in [0.25, 0.3) is 0 Å². The van der Waals surface area contributed by atoms with Gasteiger partial charge in [0, 0.05) is 22.5 Å². The lowest BCUT2D eigenvalue weighted by Gasteiger charge is -2.25. The third-order valence-electron chi connectivity index (χ3n) is 4.63. The number of carbonyl (C=O) groups excluding carboxylic acids is 2. The van der Waals surface area contributed by atoms with Gasteiger partial charge in [-0.05, 0) is 42.0 Å². The molecular weight excluding hydrogens is 470 g/mol. The molecule has 1 atom stereocenters. The Morgan fingerprint density at radius 2 is 2.00 bits per heavy atom. The lowest BCUT2D eigenvalue weighted by atomic mass is 9.87. The largest absolute Gasteiger partial charge is 0.454 e. The second-order valence-electron chi connectivity index (χ2n) is 6.62. The van der Waals surface area contributed by atoms with Crippen LogP contribution in [0.5, 0.6) is 11.5 Å². The van der Waals surface area contributed by atoms with E-state index >= 15 is 0 Å². The van der Waals surface area contributed by atoms with Crippen molar-refractivity contribution in [3.63, 3.8) is 0 Å². The summed E-state index contributed by atoms with van der Waals surface area (Å²) < 4.78 is 11.7. The number of hydrogen-bond donors (Lipinski definition) is 2. The molecule has 4 rings (SSSR count). The second kappa shape index (κ2) is 8.81. The number of anilines is 1. The Bertz CT molecular complexity index is 1080. The maximum Gasteiger partial charge on any atom is 0.234 e. The Morgan fingerprint density at radius 3 is 2.77 bits per heavy atom. The fraction of sp³-hybridized carbons (Fsp3) is 0.190. The van der Waals surface area contributed by atoms with E-state index in [1.807, 2.05) is 18.2 Å². The van der Waals surface area contributed by atoms with E-state index < -0.39 is 5.92 Å². The molecule has 0 bridgehead atoms. The van der Waals surface area contributed by atoms with E-state index in [1.54, 1.807) is 24.3 Å². The monoisotopic (exact) mass is 485 g/mol. The SMILES string of the molecule is N#CC1=C(SCC(=O)Nc2ccc(Br)cc2)NC(=O)CC1c1ccc2c(c1)OCO2. The Hall–Kier alpha value is -2.96. The first-order valence-corrected chi connectivity index (χ1v) is 10.8. The van der Waals surface area contributed by atoms with E-state index in [1.165, 1.54) is 0 Å². The highest BCUT2D eigenvalue weighted by molar-refractivity contribution is 9.10. The Labute approximate surface area is 185 Å². The van der Waals surface area contributed by atoms with Crippen LogP contribution in [0.3, 0.4) is 0 Å². The molecule has 0 saturated heterocycles. The number of nitrogens with zero attached hydrogens (tertiary/aromatic N) is 1. The molecule has 30 heavy (non-hydrogen) atoms. The van der Waals surface area contributed by atoms with Crippen molar-refractivity contribution < 1.29 is 19.1 Å². The summed E-state index contributed by atoms with van der Waals surface area (Å²) in [5.74, 6) is 0.457. The standard InChI is InChI=1S/C21H16BrN3O4S/c22-13-2-4-14(5-3-13)24-20(27)10-30-21-16(9-23)15(8-19(26)25-21)12-1-6-17-18(7-12)29-11-28-17/h1-7,15H,8,10-11H2,(H,24,27)(H,25,26). The van der Waals surface area contributed by atoms with Gasteiger partial charge in [0.25, 0.3) is 0 Å². The Balaban J connectivity index is 1.50. The van der Waals surface area contributed by atoms with Gasteiger partial charge in [-0.25, -0.2) is 0 Å². The van der Waals surface area contributed by atoms with Gasteiger partial charge in [-0.15, -0.1) is 0 Å². The maximum atomic E-state index is 12.3. The van der Waals surface area contributed by atoms with E-state index in [9.17, 15) is 14.9 Å². The molecule has 2 heterocycles. The predicted octanol–water partition coefficient (Wildman–Crippen LogP) is 3.89. The van der Waals surface area contributed by atoms with Gasteiger partial charge in [0.2, 0.25) is 18.6 Å². The smallest absolute Gasteiger partial charge is 0.234 e. The van der Waals surface area contributed by atoms with Crippen molar-refractivity contribution in [2.24, 2.45) is 0 Å². The summed E-state index contributed by atoms with van der Waals surface area (Å²) in [5.41, 5.74) is 1.89. The molecule has 2 aromatic carbocycles. The van der Waals surface area contributed by atoms with Crippen molar-refractivity contribution in [1.82, 2.24) is 5.32 Å². The molecule has 0 aromatic heterocycles. The van der Waals surface area contributed by atoms with Crippen LogP contribution < -0.4 is 20.1 Å². The van der Waals surface area contributed by atoms with Crippen LogP contribution >= 0.6 is 27.7 Å². The van der Waals surface area contributed by atoms with Crippen molar-refractivity contribution >= 4 is 45.2 Å². The number of thioether (sulfide) groups is 1. The lowest BCUT2D eigenvalue weighted by Crippen LogP contribution is -2.31. The van der Waals surface area contributed by atoms with Gasteiger partial charge in [0.15, 0.2) is 11.5 Å². The fourth-order valence-corrected chi connectivity index (χ4v) is 4.36. The van der Waals surface area contributed by atoms with Gasteiger partial charge in [-0.1, -0.05) is 33.8 Å². The summed E-state index contributed by atoms with van der Waals surface area (Å²) in [6.07, 6.45) is 0.150. The molecule has 0 aliphatic carbocycles. The van der Waals surface area contributed by atoms with Gasteiger partial charge in [0.05, 0.1) is 22.4 Å². The topological polar surface area (TPSA) is 100 Å². The van der Waals surface area contributed by atoms with E-state index in [0.29, 0.717) is 27.8 Å². The quantitative estimate of drug-likeness (QED) is 0.666. The van der Waals surface area contributed by atoms with Crippen molar-refractivity contribution in [2.45, 2.75) is 12.3 Å². The molecule has 2 aliphatic rings. The van der Waals surface area contributed by atoms with Crippen LogP contribution in [0, 0.1) is 11.3 Å². The van der Waals surface area contributed by atoms with Crippen LogP contribution in [0.1, 0.15) is 17.9 Å². The van der Waals surface area contributed by atoms with Crippen molar-refractivity contribution in [3.05, 3.63) is 63.1 Å². The molecule has 7 nitrogen and oxygen atoms in total. The number of hydrogen-bond acceptors (Lipinski definition) is 6. The number of nitriles is 1. The molecule has 1 unspecified atom stereocenters. The van der Waals surface area contributed by atoms with Crippen LogP contribution in [0.15, 0.2) is 57.5 Å². The van der Waals surface area contributed by atoms with Gasteiger partial charge in [-0.2, -0.15) is 5.26 Å². The minimum atomic E-state index is -0.407. The molecule has 152 valence electrons. The van der Waals surface area contributed by atoms with Crippen LogP contribution in [-0.4, -0.2) is 24.4 Å². The van der Waals surface area contributed by atoms with Gasteiger partial charge < -0.3 is 20.1 Å². The molecular formula is C21H16BrN3O4S. The fourth-order valence-electron chi connectivity index (χ4n) is 3.22. The van der Waals surface area contributed by atoms with Gasteiger partial charge in [-0.3, -0.25) is 9.59 Å². The molecule has 2 N–H and O–H groups in total. The van der Waals surface area contributed by atoms with E-state index in [0.717, 1.165) is 21.8 Å². The number of amides is 2. The van der Waals surface area contributed by atoms with E-state index in [2.05, 4.69) is 32.6 Å². The molecule has 0 spiro atoms. The van der Waals surface area contributed by atoms with Crippen molar-refractivity contribution in [3.8, 4) is 17.6 Å². The number of fused-ring (bicyclic) bond motifs is 1. The minimum absolute atomic E-state index is 0.0602. The Kier molecular flexibility index (Phi) is 5.97. The number of rotatable bonds is 5. The lowest BCUT2D eigenvalue weighted by molar-refractivity contribution is -0.121. The first-order valence-electron chi connectivity index (χ1n) is 9.05. The molecule has 2 aromatic rings. The first kappa shape index (κ1) is 20.3. The number of allylic oxidation sites excluding steroid dienone is 1. The summed E-state index contributed by atoms with van der Waals surface area (Å²) in [7, 11) is 0. The molecule has 9 heteroatoms. The van der Waals surface area contributed by atoms with Crippen molar-refractivity contribution in [2.75, 3.05) is 17.9 Å². The summed E-state index contributed by atoms with van der Waals surface area (Å²) in [6, 6.07) is 14.8. The highest BCUT2D eigenvalue weighted by Crippen LogP contribution is 2.40. The molecule has 0 radical (unpaired) electrons. The zero-order chi connectivity index (χ0) is 21.1. The number of nitrogens with one attached hydrogen (secondary N) is 2. The third kappa shape index (κ3) is 4.45. The van der Waals surface area contributed by atoms with Crippen LogP contribution in [0.2, 0.25) is 0 Å².